The first-order valence-electron chi connectivity index (χ1n) is 6.97. The molecule has 0 aromatic heterocycles. The summed E-state index contributed by atoms with van der Waals surface area (Å²) >= 11 is 0. The Labute approximate surface area is 111 Å². The zero-order chi connectivity index (χ0) is 13.4. The lowest BCUT2D eigenvalue weighted by atomic mass is 10.2. The van der Waals surface area contributed by atoms with E-state index in [0.29, 0.717) is 12.1 Å². The van der Waals surface area contributed by atoms with E-state index in [0.717, 1.165) is 45.2 Å². The zero-order valence-corrected chi connectivity index (χ0v) is 12.2. The van der Waals surface area contributed by atoms with Crippen molar-refractivity contribution < 1.29 is 4.74 Å². The predicted octanol–water partition coefficient (Wildman–Crippen LogP) is 0.671. The summed E-state index contributed by atoms with van der Waals surface area (Å²) < 4.78 is 5.46. The molecule has 0 aromatic rings. The molecule has 1 aliphatic heterocycles. The Morgan fingerprint density at radius 3 is 2.89 bits per heavy atom. The van der Waals surface area contributed by atoms with Crippen molar-refractivity contribution in [2.45, 2.75) is 39.3 Å². The molecule has 1 heterocycles. The molecular weight excluding hydrogens is 228 g/mol. The molecule has 2 N–H and O–H groups in total. The summed E-state index contributed by atoms with van der Waals surface area (Å²) in [5.41, 5.74) is 0. The lowest BCUT2D eigenvalue weighted by molar-refractivity contribution is -0.0174. The van der Waals surface area contributed by atoms with Crippen LogP contribution >= 0.6 is 0 Å². The average Bonchev–Trinajstić information content (AvgIpc) is 2.39. The highest BCUT2D eigenvalue weighted by Crippen LogP contribution is 2.09. The monoisotopic (exact) mass is 256 g/mol. The molecule has 5 nitrogen and oxygen atoms in total. The first kappa shape index (κ1) is 15.2. The van der Waals surface area contributed by atoms with Gasteiger partial charge in [-0.2, -0.15) is 0 Å². The number of rotatable bonds is 5. The van der Waals surface area contributed by atoms with Crippen molar-refractivity contribution in [2.75, 3.05) is 39.9 Å². The topological polar surface area (TPSA) is 48.9 Å². The number of guanidine groups is 1. The molecule has 0 saturated carbocycles. The van der Waals surface area contributed by atoms with Crippen LogP contribution in [0.25, 0.3) is 0 Å². The predicted molar refractivity (Wildman–Crippen MR) is 76.1 cm³/mol. The Morgan fingerprint density at radius 2 is 2.28 bits per heavy atom. The molecule has 0 spiro atoms. The van der Waals surface area contributed by atoms with Crippen molar-refractivity contribution in [1.82, 2.24) is 15.5 Å². The Balaban J connectivity index is 2.32. The van der Waals surface area contributed by atoms with E-state index < -0.39 is 0 Å². The van der Waals surface area contributed by atoms with E-state index in [1.807, 2.05) is 7.05 Å². The fraction of sp³-hybridized carbons (Fsp3) is 0.923. The molecule has 2 unspecified atom stereocenters. The van der Waals surface area contributed by atoms with Crippen molar-refractivity contribution in [3.05, 3.63) is 0 Å². The Bertz CT molecular complexity index is 257. The molecule has 1 aliphatic rings. The van der Waals surface area contributed by atoms with Crippen LogP contribution in [-0.4, -0.2) is 62.8 Å². The van der Waals surface area contributed by atoms with Crippen LogP contribution in [0.1, 0.15) is 27.2 Å². The minimum absolute atomic E-state index is 0.490. The van der Waals surface area contributed by atoms with Gasteiger partial charge in [0.1, 0.15) is 0 Å². The van der Waals surface area contributed by atoms with E-state index >= 15 is 0 Å². The molecule has 0 aliphatic carbocycles. The Kier molecular flexibility index (Phi) is 7.05. The van der Waals surface area contributed by atoms with Gasteiger partial charge in [0.2, 0.25) is 0 Å². The largest absolute Gasteiger partial charge is 0.379 e. The molecule has 0 aromatic carbocycles. The SMILES string of the molecule is CCCNC(=NC)NCC(C)N1CCOCC1C. The summed E-state index contributed by atoms with van der Waals surface area (Å²) in [5, 5.41) is 6.66. The third-order valence-corrected chi connectivity index (χ3v) is 3.32. The van der Waals surface area contributed by atoms with Gasteiger partial charge < -0.3 is 15.4 Å². The first-order chi connectivity index (χ1) is 8.69. The molecule has 0 bridgehead atoms. The first-order valence-corrected chi connectivity index (χ1v) is 6.97. The number of hydrogen-bond donors (Lipinski definition) is 2. The highest BCUT2D eigenvalue weighted by atomic mass is 16.5. The van der Waals surface area contributed by atoms with Crippen molar-refractivity contribution >= 4 is 5.96 Å². The number of morpholine rings is 1. The summed E-state index contributed by atoms with van der Waals surface area (Å²) in [6, 6.07) is 0.991. The molecule has 1 fully saturated rings. The third kappa shape index (κ3) is 4.82. The van der Waals surface area contributed by atoms with Crippen LogP contribution in [0.15, 0.2) is 4.99 Å². The number of hydrogen-bond acceptors (Lipinski definition) is 3. The van der Waals surface area contributed by atoms with Gasteiger partial charge in [0, 0.05) is 38.8 Å². The number of nitrogens with zero attached hydrogens (tertiary/aromatic N) is 2. The third-order valence-electron chi connectivity index (χ3n) is 3.32. The van der Waals surface area contributed by atoms with Crippen LogP contribution in [-0.2, 0) is 4.74 Å². The van der Waals surface area contributed by atoms with Crippen LogP contribution < -0.4 is 10.6 Å². The van der Waals surface area contributed by atoms with E-state index in [-0.39, 0.29) is 0 Å². The summed E-state index contributed by atoms with van der Waals surface area (Å²) in [6.45, 7) is 11.2. The lowest BCUT2D eigenvalue weighted by Crippen LogP contribution is -2.53. The number of ether oxygens (including phenoxy) is 1. The molecular formula is C13H28N4O. The molecule has 18 heavy (non-hydrogen) atoms. The standard InChI is InChI=1S/C13H28N4O/c1-5-6-15-13(14-4)16-9-11(2)17-7-8-18-10-12(17)3/h11-12H,5-10H2,1-4H3,(H2,14,15,16). The van der Waals surface area contributed by atoms with Crippen LogP contribution in [0, 0.1) is 0 Å². The minimum atomic E-state index is 0.490. The molecule has 0 radical (unpaired) electrons. The van der Waals surface area contributed by atoms with Gasteiger partial charge in [-0.15, -0.1) is 0 Å². The second kappa shape index (κ2) is 8.32. The van der Waals surface area contributed by atoms with Crippen molar-refractivity contribution in [1.29, 1.82) is 0 Å². The van der Waals surface area contributed by atoms with Gasteiger partial charge in [0.15, 0.2) is 5.96 Å². The van der Waals surface area contributed by atoms with Crippen molar-refractivity contribution in [3.63, 3.8) is 0 Å². The van der Waals surface area contributed by atoms with Crippen LogP contribution in [0.3, 0.4) is 0 Å². The van der Waals surface area contributed by atoms with E-state index in [1.54, 1.807) is 0 Å². The average molecular weight is 256 g/mol. The summed E-state index contributed by atoms with van der Waals surface area (Å²) in [4.78, 5) is 6.70. The van der Waals surface area contributed by atoms with Gasteiger partial charge in [0.05, 0.1) is 13.2 Å². The van der Waals surface area contributed by atoms with E-state index in [1.165, 1.54) is 0 Å². The quantitative estimate of drug-likeness (QED) is 0.561. The van der Waals surface area contributed by atoms with Gasteiger partial charge in [0.25, 0.3) is 0 Å². The minimum Gasteiger partial charge on any atom is -0.379 e. The smallest absolute Gasteiger partial charge is 0.191 e. The van der Waals surface area contributed by atoms with Gasteiger partial charge in [-0.05, 0) is 20.3 Å². The maximum absolute atomic E-state index is 5.46. The second-order valence-corrected chi connectivity index (χ2v) is 4.89. The summed E-state index contributed by atoms with van der Waals surface area (Å²) in [5.74, 6) is 0.893. The van der Waals surface area contributed by atoms with E-state index in [2.05, 4.69) is 41.3 Å². The van der Waals surface area contributed by atoms with Gasteiger partial charge in [-0.3, -0.25) is 9.89 Å². The molecule has 106 valence electrons. The molecule has 2 atom stereocenters. The number of nitrogens with one attached hydrogen (secondary N) is 2. The highest BCUT2D eigenvalue weighted by molar-refractivity contribution is 5.79. The highest BCUT2D eigenvalue weighted by Gasteiger charge is 2.23. The van der Waals surface area contributed by atoms with Gasteiger partial charge >= 0.3 is 0 Å². The normalized spacial score (nSPS) is 23.8. The second-order valence-electron chi connectivity index (χ2n) is 4.89. The van der Waals surface area contributed by atoms with Gasteiger partial charge in [-0.25, -0.2) is 0 Å². The van der Waals surface area contributed by atoms with Crippen LogP contribution in [0.4, 0.5) is 0 Å². The fourth-order valence-corrected chi connectivity index (χ4v) is 2.22. The summed E-state index contributed by atoms with van der Waals surface area (Å²) in [7, 11) is 1.81. The van der Waals surface area contributed by atoms with Crippen molar-refractivity contribution in [3.8, 4) is 0 Å². The van der Waals surface area contributed by atoms with E-state index in [4.69, 9.17) is 4.74 Å². The van der Waals surface area contributed by atoms with Crippen LogP contribution in [0.2, 0.25) is 0 Å². The van der Waals surface area contributed by atoms with Gasteiger partial charge in [-0.1, -0.05) is 6.92 Å². The maximum atomic E-state index is 5.46. The zero-order valence-electron chi connectivity index (χ0n) is 12.2. The molecule has 5 heteroatoms. The number of aliphatic imine (C=N–C) groups is 1. The van der Waals surface area contributed by atoms with Crippen molar-refractivity contribution in [2.24, 2.45) is 4.99 Å². The Morgan fingerprint density at radius 1 is 1.50 bits per heavy atom. The summed E-state index contributed by atoms with van der Waals surface area (Å²) in [6.07, 6.45) is 1.11. The molecule has 0 amide bonds. The fourth-order valence-electron chi connectivity index (χ4n) is 2.22. The Hall–Kier alpha value is -0.810. The lowest BCUT2D eigenvalue weighted by Gasteiger charge is -2.38. The molecule has 1 rings (SSSR count). The van der Waals surface area contributed by atoms with E-state index in [9.17, 15) is 0 Å². The molecule has 1 saturated heterocycles. The maximum Gasteiger partial charge on any atom is 0.191 e. The van der Waals surface area contributed by atoms with Crippen LogP contribution in [0.5, 0.6) is 0 Å².